The first kappa shape index (κ1) is 50.3. The molecular weight excluding hydrogens is 1120 g/mol. The second kappa shape index (κ2) is 17.8. The lowest BCUT2D eigenvalue weighted by Crippen LogP contribution is -2.49. The van der Waals surface area contributed by atoms with Crippen molar-refractivity contribution in [2.45, 2.75) is 41.5 Å². The summed E-state index contributed by atoms with van der Waals surface area (Å²) >= 11 is 16.0. The van der Waals surface area contributed by atoms with Crippen molar-refractivity contribution in [2.24, 2.45) is 0 Å². The van der Waals surface area contributed by atoms with E-state index in [1.807, 2.05) is 0 Å². The Morgan fingerprint density at radius 3 is 0.663 bits per heavy atom. The summed E-state index contributed by atoms with van der Waals surface area (Å²) in [5.41, 5.74) is 27.2. The number of nitrogens with zero attached hydrogens (tertiary/aromatic N) is 6. The molecule has 0 N–H and O–H groups in total. The predicted molar refractivity (Wildman–Crippen MR) is 374 cm³/mol. The molecular formula is C76H56N6P2S2. The number of hydrogen-bond donors (Lipinski definition) is 0. The van der Waals surface area contributed by atoms with Crippen LogP contribution in [0.2, 0.25) is 0 Å². The Hall–Kier alpha value is -9.00. The molecule has 6 heterocycles. The minimum atomic E-state index is -3.03. The molecule has 0 spiro atoms. The van der Waals surface area contributed by atoms with E-state index in [0.717, 1.165) is 113 Å². The van der Waals surface area contributed by atoms with E-state index >= 15 is 0 Å². The molecule has 0 amide bonds. The fourth-order valence-electron chi connectivity index (χ4n) is 14.9. The van der Waals surface area contributed by atoms with E-state index in [1.54, 1.807) is 0 Å². The lowest BCUT2D eigenvalue weighted by atomic mass is 9.96. The zero-order valence-electron chi connectivity index (χ0n) is 48.3. The van der Waals surface area contributed by atoms with E-state index in [9.17, 15) is 0 Å². The van der Waals surface area contributed by atoms with Gasteiger partial charge in [0.05, 0.1) is 80.3 Å². The molecule has 0 bridgehead atoms. The highest BCUT2D eigenvalue weighted by Crippen LogP contribution is 2.72. The van der Waals surface area contributed by atoms with E-state index < -0.39 is 12.1 Å². The van der Waals surface area contributed by atoms with E-state index in [-0.39, 0.29) is 0 Å². The van der Waals surface area contributed by atoms with Crippen molar-refractivity contribution < 1.29 is 0 Å². The Morgan fingerprint density at radius 2 is 0.430 bits per heavy atom. The van der Waals surface area contributed by atoms with Gasteiger partial charge in [-0.2, -0.15) is 0 Å². The van der Waals surface area contributed by atoms with Crippen LogP contribution in [0.4, 0.5) is 102 Å². The maximum Gasteiger partial charge on any atom is 0.0673 e. The number of benzene rings is 12. The summed E-state index contributed by atoms with van der Waals surface area (Å²) in [6, 6.07) is 81.2. The average Bonchev–Trinajstić information content (AvgIpc) is 0.668. The number of anilines is 18. The predicted octanol–water partition coefficient (Wildman–Crippen LogP) is 18.9. The standard InChI is InChI=1S/C76H56N6P2S2/c1-45-19-31-52(32-20-45)77-58-11-7-15-62-71(58)83(85)73-60(77)13-9-17-64(73)81(56-39-27-49(5)28-40-56)69-68-51(43-66(75(69)83)79(62)54-35-23-47(3)24-36-54)44-67-76-70(68)82(57-41-29-50(6)30-42-57)65-18-10-14-61-74(65)84(76,86)72-59(78(61)53-33-21-46(2)22-34-53)12-8-16-63(72)80(67)55-37-25-48(4)26-38-55/h7-44H,1-6H3. The van der Waals surface area contributed by atoms with Crippen molar-refractivity contribution in [3.05, 3.63) is 264 Å². The van der Waals surface area contributed by atoms with Gasteiger partial charge in [-0.3, -0.25) is 0 Å². The van der Waals surface area contributed by atoms with Crippen LogP contribution in [-0.4, -0.2) is 0 Å². The Balaban J connectivity index is 1.07. The van der Waals surface area contributed by atoms with Gasteiger partial charge in [0, 0.05) is 71.3 Å². The fourth-order valence-corrected chi connectivity index (χ4v) is 25.6. The largest absolute Gasteiger partial charge is 0.309 e. The van der Waals surface area contributed by atoms with Crippen LogP contribution in [0, 0.1) is 41.5 Å². The lowest BCUT2D eigenvalue weighted by molar-refractivity contribution is 1.22. The highest BCUT2D eigenvalue weighted by atomic mass is 32.4. The quantitative estimate of drug-likeness (QED) is 0.152. The first-order valence-corrected chi connectivity index (χ1v) is 35.1. The smallest absolute Gasteiger partial charge is 0.0673 e. The Morgan fingerprint density at radius 1 is 0.233 bits per heavy atom. The van der Waals surface area contributed by atoms with Gasteiger partial charge in [0.15, 0.2) is 0 Å². The second-order valence-corrected chi connectivity index (χ2v) is 32.5. The monoisotopic (exact) mass is 1180 g/mol. The van der Waals surface area contributed by atoms with Crippen molar-refractivity contribution in [2.75, 3.05) is 29.4 Å². The highest BCUT2D eigenvalue weighted by molar-refractivity contribution is 8.27. The summed E-state index contributed by atoms with van der Waals surface area (Å²) in [5.74, 6) is 0. The molecule has 0 aromatic heterocycles. The summed E-state index contributed by atoms with van der Waals surface area (Å²) in [6.07, 6.45) is 0. The van der Waals surface area contributed by atoms with Crippen LogP contribution in [0.1, 0.15) is 33.4 Å². The molecule has 6 aliphatic rings. The van der Waals surface area contributed by atoms with Gasteiger partial charge in [0.25, 0.3) is 0 Å². The van der Waals surface area contributed by atoms with Gasteiger partial charge in [-0.15, -0.1) is 0 Å². The molecule has 412 valence electrons. The summed E-state index contributed by atoms with van der Waals surface area (Å²) in [4.78, 5) is 15.3. The van der Waals surface area contributed by atoms with E-state index in [2.05, 4.69) is 301 Å². The van der Waals surface area contributed by atoms with Crippen LogP contribution in [0.25, 0.3) is 10.8 Å². The zero-order chi connectivity index (χ0) is 57.8. The number of hydrogen-bond acceptors (Lipinski definition) is 8. The molecule has 6 nitrogen and oxygen atoms in total. The van der Waals surface area contributed by atoms with Crippen molar-refractivity contribution in [3.63, 3.8) is 0 Å². The van der Waals surface area contributed by atoms with Crippen molar-refractivity contribution in [1.29, 1.82) is 0 Å². The van der Waals surface area contributed by atoms with Crippen LogP contribution in [-0.2, 0) is 23.6 Å². The maximum absolute atomic E-state index is 8.01. The molecule has 0 aliphatic carbocycles. The van der Waals surface area contributed by atoms with Crippen LogP contribution in [0.3, 0.4) is 0 Å². The highest BCUT2D eigenvalue weighted by Gasteiger charge is 2.56. The molecule has 6 aliphatic heterocycles. The summed E-state index contributed by atoms with van der Waals surface area (Å²) in [6.45, 7) is 13.1. The lowest BCUT2D eigenvalue weighted by Gasteiger charge is -2.54. The molecule has 2 unspecified atom stereocenters. The molecule has 18 rings (SSSR count). The first-order valence-electron chi connectivity index (χ1n) is 29.5. The molecule has 0 radical (unpaired) electrons. The van der Waals surface area contributed by atoms with E-state index in [1.165, 1.54) is 65.2 Å². The van der Waals surface area contributed by atoms with Gasteiger partial charge in [0.1, 0.15) is 0 Å². The third kappa shape index (κ3) is 6.52. The van der Waals surface area contributed by atoms with Gasteiger partial charge in [-0.1, -0.05) is 154 Å². The summed E-state index contributed by atoms with van der Waals surface area (Å²) in [5, 5.41) is 9.49. The molecule has 0 saturated heterocycles. The molecule has 86 heavy (non-hydrogen) atoms. The van der Waals surface area contributed by atoms with Crippen LogP contribution >= 0.6 is 12.1 Å². The molecule has 0 fully saturated rings. The summed E-state index contributed by atoms with van der Waals surface area (Å²) in [7, 11) is 0. The maximum atomic E-state index is 8.01. The van der Waals surface area contributed by atoms with Crippen molar-refractivity contribution in [3.8, 4) is 0 Å². The van der Waals surface area contributed by atoms with E-state index in [0.29, 0.717) is 0 Å². The molecule has 10 heteroatoms. The summed E-state index contributed by atoms with van der Waals surface area (Å²) < 4.78 is 0. The minimum absolute atomic E-state index is 1.07. The average molecular weight is 1180 g/mol. The fraction of sp³-hybridized carbons (Fsp3) is 0.0789. The van der Waals surface area contributed by atoms with Crippen molar-refractivity contribution >= 4 is 181 Å². The number of fused-ring (bicyclic) bond motifs is 3. The van der Waals surface area contributed by atoms with Crippen molar-refractivity contribution in [1.82, 2.24) is 0 Å². The van der Waals surface area contributed by atoms with Gasteiger partial charge in [-0.25, -0.2) is 0 Å². The first-order chi connectivity index (χ1) is 41.9. The Labute approximate surface area is 512 Å². The number of aryl methyl sites for hydroxylation is 6. The molecule has 12 aromatic rings. The topological polar surface area (TPSA) is 19.4 Å². The van der Waals surface area contributed by atoms with Crippen LogP contribution < -0.4 is 61.2 Å². The van der Waals surface area contributed by atoms with Crippen LogP contribution in [0.15, 0.2) is 231 Å². The molecule has 12 aromatic carbocycles. The van der Waals surface area contributed by atoms with Gasteiger partial charge in [0.2, 0.25) is 0 Å². The Kier molecular flexibility index (Phi) is 10.4. The third-order valence-electron chi connectivity index (χ3n) is 18.8. The normalized spacial score (nSPS) is 17.5. The van der Waals surface area contributed by atoms with Gasteiger partial charge >= 0.3 is 0 Å². The van der Waals surface area contributed by atoms with E-state index in [4.69, 9.17) is 23.6 Å². The molecule has 0 saturated carbocycles. The van der Waals surface area contributed by atoms with Gasteiger partial charge < -0.3 is 29.4 Å². The number of rotatable bonds is 6. The third-order valence-corrected chi connectivity index (χ3v) is 28.5. The van der Waals surface area contributed by atoms with Gasteiger partial charge in [-0.05, 0) is 180 Å². The second-order valence-electron chi connectivity index (χ2n) is 24.1. The molecule has 2 atom stereocenters. The SMILES string of the molecule is Cc1ccc(N2c3cccc4c3P3(=S)c5c2cccc5N(c2ccc(C)cc2)c2c3c(cc3cc5c6c(c23)N(c2ccc(C)cc2)c2cccc3c2P6(=S)c2c(cccc2N5c2ccc(C)cc2)N3c2ccc(C)cc2)N4c2ccc(C)cc2)cc1. The minimum Gasteiger partial charge on any atom is -0.309 e. The Bertz CT molecular complexity index is 4720. The van der Waals surface area contributed by atoms with Crippen LogP contribution in [0.5, 0.6) is 0 Å². The zero-order valence-corrected chi connectivity index (χ0v) is 51.8.